The maximum atomic E-state index is 10.7. The number of aromatic nitrogens is 1. The van der Waals surface area contributed by atoms with E-state index in [1.165, 1.54) is 0 Å². The summed E-state index contributed by atoms with van der Waals surface area (Å²) in [6, 6.07) is 9.39. The van der Waals surface area contributed by atoms with Crippen molar-refractivity contribution in [3.8, 4) is 0 Å². The molecule has 0 aliphatic heterocycles. The number of hydrogen-bond donors (Lipinski definition) is 1. The quantitative estimate of drug-likeness (QED) is 0.716. The lowest BCUT2D eigenvalue weighted by molar-refractivity contribution is 0.107. The second-order valence-corrected chi connectivity index (χ2v) is 2.89. The summed E-state index contributed by atoms with van der Waals surface area (Å²) in [5.74, 6) is 0. The van der Waals surface area contributed by atoms with E-state index in [1.807, 2.05) is 38.1 Å². The van der Waals surface area contributed by atoms with Crippen molar-refractivity contribution in [1.82, 2.24) is 4.98 Å². The normalized spacial score (nSPS) is 9.36. The molecule has 2 aromatic rings. The monoisotopic (exact) mass is 209 g/mol. The Labute approximate surface area is 87.9 Å². The van der Waals surface area contributed by atoms with Gasteiger partial charge in [-0.3, -0.25) is 4.79 Å². The molecule has 0 unspecified atom stereocenters. The van der Waals surface area contributed by atoms with Crippen molar-refractivity contribution in [3.05, 3.63) is 36.0 Å². The molecular weight excluding hydrogens is 198 g/mol. The molecule has 2 rings (SSSR count). The lowest BCUT2D eigenvalue weighted by Crippen LogP contribution is -1.85. The van der Waals surface area contributed by atoms with E-state index in [4.69, 9.17) is 11.6 Å². The van der Waals surface area contributed by atoms with Crippen molar-refractivity contribution < 1.29 is 4.79 Å². The summed E-state index contributed by atoms with van der Waals surface area (Å²) in [6.07, 6.45) is 0. The number of para-hydroxylation sites is 1. The van der Waals surface area contributed by atoms with Crippen molar-refractivity contribution in [2.75, 3.05) is 0 Å². The number of carbonyl (C=O) groups excluding carboxylic acids is 1. The minimum atomic E-state index is -0.453. The van der Waals surface area contributed by atoms with Crippen LogP contribution in [0.5, 0.6) is 0 Å². The lowest BCUT2D eigenvalue weighted by atomic mass is 10.2. The molecule has 0 bridgehead atoms. The number of hydrogen-bond acceptors (Lipinski definition) is 1. The maximum absolute atomic E-state index is 10.7. The third kappa shape index (κ3) is 2.15. The van der Waals surface area contributed by atoms with Crippen LogP contribution in [0.1, 0.15) is 24.3 Å². The average Bonchev–Trinajstić information content (AvgIpc) is 2.64. The number of fused-ring (bicyclic) bond motifs is 1. The van der Waals surface area contributed by atoms with Crippen LogP contribution in [0.15, 0.2) is 30.3 Å². The van der Waals surface area contributed by atoms with Gasteiger partial charge in [0.05, 0.1) is 5.69 Å². The van der Waals surface area contributed by atoms with Crippen LogP contribution in [0.4, 0.5) is 0 Å². The standard InChI is InChI=1S/C9H6ClNO.C2H6/c10-9(12)8-5-6-3-1-2-4-7(6)11-8;1-2/h1-5,11H;1-2H3. The van der Waals surface area contributed by atoms with Gasteiger partial charge in [0.25, 0.3) is 5.24 Å². The first kappa shape index (κ1) is 10.8. The smallest absolute Gasteiger partial charge is 0.268 e. The summed E-state index contributed by atoms with van der Waals surface area (Å²) < 4.78 is 0. The highest BCUT2D eigenvalue weighted by Crippen LogP contribution is 2.15. The Bertz CT molecular complexity index is 401. The third-order valence-corrected chi connectivity index (χ3v) is 1.95. The van der Waals surface area contributed by atoms with Crippen LogP contribution < -0.4 is 0 Å². The summed E-state index contributed by atoms with van der Waals surface area (Å²) in [6.45, 7) is 4.00. The van der Waals surface area contributed by atoms with Gasteiger partial charge in [-0.25, -0.2) is 0 Å². The van der Waals surface area contributed by atoms with Crippen LogP contribution in [0, 0.1) is 0 Å². The first-order valence-electron chi connectivity index (χ1n) is 4.55. The zero-order chi connectivity index (χ0) is 10.6. The minimum absolute atomic E-state index is 0.442. The Morgan fingerprint density at radius 2 is 1.93 bits per heavy atom. The molecule has 1 heterocycles. The molecule has 0 aliphatic rings. The van der Waals surface area contributed by atoms with Crippen LogP contribution in [0.2, 0.25) is 0 Å². The summed E-state index contributed by atoms with van der Waals surface area (Å²) in [5.41, 5.74) is 1.37. The van der Waals surface area contributed by atoms with Gasteiger partial charge in [-0.15, -0.1) is 0 Å². The second kappa shape index (κ2) is 4.82. The zero-order valence-electron chi connectivity index (χ0n) is 8.17. The van der Waals surface area contributed by atoms with Gasteiger partial charge >= 0.3 is 0 Å². The zero-order valence-corrected chi connectivity index (χ0v) is 8.93. The van der Waals surface area contributed by atoms with Crippen molar-refractivity contribution in [3.63, 3.8) is 0 Å². The number of benzene rings is 1. The molecule has 1 N–H and O–H groups in total. The number of H-pyrrole nitrogens is 1. The molecule has 1 aromatic carbocycles. The molecule has 74 valence electrons. The Hall–Kier alpha value is -1.28. The first-order chi connectivity index (χ1) is 6.77. The average molecular weight is 210 g/mol. The van der Waals surface area contributed by atoms with Crippen molar-refractivity contribution >= 4 is 27.7 Å². The predicted molar refractivity (Wildman–Crippen MR) is 59.8 cm³/mol. The van der Waals surface area contributed by atoms with Gasteiger partial charge in [0.1, 0.15) is 0 Å². The molecule has 1 aromatic heterocycles. The fraction of sp³-hybridized carbons (Fsp3) is 0.182. The van der Waals surface area contributed by atoms with Gasteiger partial charge in [0.2, 0.25) is 0 Å². The molecule has 0 fully saturated rings. The summed E-state index contributed by atoms with van der Waals surface area (Å²) >= 11 is 5.30. The van der Waals surface area contributed by atoms with Crippen LogP contribution in [-0.2, 0) is 0 Å². The topological polar surface area (TPSA) is 32.9 Å². The SMILES string of the molecule is CC.O=C(Cl)c1cc2ccccc2[nH]1. The van der Waals surface area contributed by atoms with Gasteiger partial charge in [-0.2, -0.15) is 0 Å². The van der Waals surface area contributed by atoms with Crippen molar-refractivity contribution in [1.29, 1.82) is 0 Å². The number of aromatic amines is 1. The van der Waals surface area contributed by atoms with E-state index in [1.54, 1.807) is 6.07 Å². The third-order valence-electron chi connectivity index (χ3n) is 1.74. The van der Waals surface area contributed by atoms with Crippen LogP contribution in [0.3, 0.4) is 0 Å². The highest BCUT2D eigenvalue weighted by Gasteiger charge is 2.04. The fourth-order valence-electron chi connectivity index (χ4n) is 1.18. The van der Waals surface area contributed by atoms with Crippen molar-refractivity contribution in [2.45, 2.75) is 13.8 Å². The highest BCUT2D eigenvalue weighted by atomic mass is 35.5. The molecule has 0 saturated carbocycles. The molecule has 0 aliphatic carbocycles. The molecule has 0 saturated heterocycles. The first-order valence-corrected chi connectivity index (χ1v) is 4.93. The van der Waals surface area contributed by atoms with E-state index in [0.29, 0.717) is 5.69 Å². The second-order valence-electron chi connectivity index (χ2n) is 2.54. The van der Waals surface area contributed by atoms with E-state index in [0.717, 1.165) is 10.9 Å². The van der Waals surface area contributed by atoms with E-state index in [-0.39, 0.29) is 0 Å². The van der Waals surface area contributed by atoms with E-state index >= 15 is 0 Å². The number of halogens is 1. The molecule has 0 atom stereocenters. The van der Waals surface area contributed by atoms with Crippen molar-refractivity contribution in [2.24, 2.45) is 0 Å². The molecule has 0 spiro atoms. The van der Waals surface area contributed by atoms with Gasteiger partial charge < -0.3 is 4.98 Å². The predicted octanol–water partition coefficient (Wildman–Crippen LogP) is 3.57. The summed E-state index contributed by atoms with van der Waals surface area (Å²) in [5, 5.41) is 0.549. The highest BCUT2D eigenvalue weighted by molar-refractivity contribution is 6.67. The fourth-order valence-corrected chi connectivity index (χ4v) is 1.28. The minimum Gasteiger partial charge on any atom is -0.351 e. The molecule has 3 heteroatoms. The van der Waals surface area contributed by atoms with Crippen LogP contribution in [0.25, 0.3) is 10.9 Å². The molecule has 14 heavy (non-hydrogen) atoms. The number of nitrogens with one attached hydrogen (secondary N) is 1. The van der Waals surface area contributed by atoms with E-state index < -0.39 is 5.24 Å². The largest absolute Gasteiger partial charge is 0.351 e. The number of carbonyl (C=O) groups is 1. The number of rotatable bonds is 1. The van der Waals surface area contributed by atoms with Crippen LogP contribution in [-0.4, -0.2) is 10.2 Å². The maximum Gasteiger partial charge on any atom is 0.268 e. The summed E-state index contributed by atoms with van der Waals surface area (Å²) in [7, 11) is 0. The molecule has 0 radical (unpaired) electrons. The van der Waals surface area contributed by atoms with E-state index in [2.05, 4.69) is 4.98 Å². The Morgan fingerprint density at radius 3 is 2.50 bits per heavy atom. The Kier molecular flexibility index (Phi) is 3.72. The molecule has 2 nitrogen and oxygen atoms in total. The van der Waals surface area contributed by atoms with E-state index in [9.17, 15) is 4.79 Å². The lowest BCUT2D eigenvalue weighted by Gasteiger charge is -1.84. The van der Waals surface area contributed by atoms with Gasteiger partial charge in [-0.05, 0) is 23.7 Å². The van der Waals surface area contributed by atoms with Gasteiger partial charge in [0.15, 0.2) is 0 Å². The van der Waals surface area contributed by atoms with Crippen LogP contribution >= 0.6 is 11.6 Å². The van der Waals surface area contributed by atoms with Gasteiger partial charge in [0, 0.05) is 10.9 Å². The molecule has 0 amide bonds. The van der Waals surface area contributed by atoms with Gasteiger partial charge in [-0.1, -0.05) is 32.0 Å². The Balaban J connectivity index is 0.000000461. The Morgan fingerprint density at radius 1 is 1.29 bits per heavy atom. The molecular formula is C11H12ClNO. The summed E-state index contributed by atoms with van der Waals surface area (Å²) in [4.78, 5) is 13.7.